The Morgan fingerprint density at radius 2 is 1.96 bits per heavy atom. The molecule has 4 rings (SSSR count). The van der Waals surface area contributed by atoms with Gasteiger partial charge in [-0.2, -0.15) is 0 Å². The molecular formula is C21H22FN3O3. The van der Waals surface area contributed by atoms with Crippen LogP contribution in [0.4, 0.5) is 15.9 Å². The van der Waals surface area contributed by atoms with Crippen LogP contribution in [-0.2, 0) is 11.3 Å². The zero-order valence-electron chi connectivity index (χ0n) is 15.8. The van der Waals surface area contributed by atoms with Gasteiger partial charge in [-0.15, -0.1) is 0 Å². The number of aromatic nitrogens is 1. The molecule has 1 aromatic heterocycles. The third-order valence-electron chi connectivity index (χ3n) is 4.87. The zero-order chi connectivity index (χ0) is 19.7. The molecular weight excluding hydrogens is 361 g/mol. The number of benzene rings is 2. The molecule has 1 aliphatic heterocycles. The third kappa shape index (κ3) is 3.45. The number of fused-ring (bicyclic) bond motifs is 1. The standard InChI is InChI=1S/C21H22FN3O3/c1-13-10-25(11-14(2)27-13)19-16(12-26)8-17-20(18(19)22)28-24-21(17)23-9-15-6-4-3-5-7-15/h3-8,12-14H,9-11H2,1-2H3,(H,23,24). The molecule has 3 aromatic rings. The van der Waals surface area contributed by atoms with Gasteiger partial charge in [-0.3, -0.25) is 4.79 Å². The van der Waals surface area contributed by atoms with Crippen LogP contribution in [0.5, 0.6) is 0 Å². The molecule has 0 spiro atoms. The molecule has 146 valence electrons. The molecule has 2 unspecified atom stereocenters. The monoisotopic (exact) mass is 383 g/mol. The summed E-state index contributed by atoms with van der Waals surface area (Å²) < 4.78 is 26.3. The molecule has 0 radical (unpaired) electrons. The van der Waals surface area contributed by atoms with Crippen molar-refractivity contribution in [2.24, 2.45) is 0 Å². The fourth-order valence-corrected chi connectivity index (χ4v) is 3.73. The summed E-state index contributed by atoms with van der Waals surface area (Å²) in [5, 5.41) is 7.58. The summed E-state index contributed by atoms with van der Waals surface area (Å²) in [5.74, 6) is -0.155. The van der Waals surface area contributed by atoms with Gasteiger partial charge in [0.05, 0.1) is 23.3 Å². The van der Waals surface area contributed by atoms with Gasteiger partial charge in [0.1, 0.15) is 0 Å². The van der Waals surface area contributed by atoms with Crippen LogP contribution >= 0.6 is 0 Å². The predicted molar refractivity (Wildman–Crippen MR) is 105 cm³/mol. The maximum absolute atomic E-state index is 15.3. The van der Waals surface area contributed by atoms with E-state index in [-0.39, 0.29) is 29.0 Å². The summed E-state index contributed by atoms with van der Waals surface area (Å²) in [4.78, 5) is 13.6. The summed E-state index contributed by atoms with van der Waals surface area (Å²) in [6.45, 7) is 5.38. The summed E-state index contributed by atoms with van der Waals surface area (Å²) >= 11 is 0. The van der Waals surface area contributed by atoms with Crippen molar-refractivity contribution >= 4 is 28.8 Å². The van der Waals surface area contributed by atoms with Crippen LogP contribution in [0.2, 0.25) is 0 Å². The van der Waals surface area contributed by atoms with Crippen LogP contribution < -0.4 is 10.2 Å². The highest BCUT2D eigenvalue weighted by molar-refractivity contribution is 5.98. The molecule has 0 aliphatic carbocycles. The minimum Gasteiger partial charge on any atom is -0.372 e. The van der Waals surface area contributed by atoms with Crippen molar-refractivity contribution in [3.8, 4) is 0 Å². The molecule has 6 nitrogen and oxygen atoms in total. The smallest absolute Gasteiger partial charge is 0.206 e. The predicted octanol–water partition coefficient (Wildman–Crippen LogP) is 4.01. The SMILES string of the molecule is CC1CN(c2c(C=O)cc3c(NCc4ccccc4)noc3c2F)CC(C)O1. The first-order valence-electron chi connectivity index (χ1n) is 9.32. The van der Waals surface area contributed by atoms with Gasteiger partial charge in [0.25, 0.3) is 0 Å². The lowest BCUT2D eigenvalue weighted by Crippen LogP contribution is -2.46. The Labute approximate surface area is 162 Å². The summed E-state index contributed by atoms with van der Waals surface area (Å²) in [6, 6.07) is 11.4. The summed E-state index contributed by atoms with van der Waals surface area (Å²) in [6.07, 6.45) is 0.559. The zero-order valence-corrected chi connectivity index (χ0v) is 15.8. The van der Waals surface area contributed by atoms with Gasteiger partial charge in [-0.05, 0) is 25.5 Å². The second kappa shape index (κ2) is 7.59. The highest BCUT2D eigenvalue weighted by Crippen LogP contribution is 2.35. The first kappa shape index (κ1) is 18.4. The number of anilines is 2. The van der Waals surface area contributed by atoms with Crippen LogP contribution in [0, 0.1) is 5.82 Å². The number of rotatable bonds is 5. The lowest BCUT2D eigenvalue weighted by Gasteiger charge is -2.37. The van der Waals surface area contributed by atoms with E-state index in [9.17, 15) is 4.79 Å². The van der Waals surface area contributed by atoms with Crippen molar-refractivity contribution < 1.29 is 18.4 Å². The molecule has 0 amide bonds. The van der Waals surface area contributed by atoms with Crippen molar-refractivity contribution in [3.63, 3.8) is 0 Å². The lowest BCUT2D eigenvalue weighted by atomic mass is 10.1. The van der Waals surface area contributed by atoms with Gasteiger partial charge in [0, 0.05) is 25.2 Å². The van der Waals surface area contributed by atoms with E-state index in [2.05, 4.69) is 10.5 Å². The van der Waals surface area contributed by atoms with E-state index >= 15 is 4.39 Å². The molecule has 1 aliphatic rings. The molecule has 1 fully saturated rings. The molecule has 2 heterocycles. The lowest BCUT2D eigenvalue weighted by molar-refractivity contribution is -0.00543. The number of ether oxygens (including phenoxy) is 1. The second-order valence-corrected chi connectivity index (χ2v) is 7.16. The van der Waals surface area contributed by atoms with Crippen molar-refractivity contribution in [2.75, 3.05) is 23.3 Å². The van der Waals surface area contributed by atoms with Gasteiger partial charge in [0.2, 0.25) is 5.58 Å². The van der Waals surface area contributed by atoms with Gasteiger partial charge in [-0.25, -0.2) is 4.39 Å². The van der Waals surface area contributed by atoms with E-state index in [0.717, 1.165) is 5.56 Å². The summed E-state index contributed by atoms with van der Waals surface area (Å²) in [7, 11) is 0. The minimum atomic E-state index is -0.568. The second-order valence-electron chi connectivity index (χ2n) is 7.16. The largest absolute Gasteiger partial charge is 0.372 e. The molecule has 2 aromatic carbocycles. The molecule has 28 heavy (non-hydrogen) atoms. The number of carbonyl (C=O) groups is 1. The average molecular weight is 383 g/mol. The van der Waals surface area contributed by atoms with Crippen LogP contribution in [0.3, 0.4) is 0 Å². The van der Waals surface area contributed by atoms with Crippen LogP contribution in [0.25, 0.3) is 11.0 Å². The van der Waals surface area contributed by atoms with Gasteiger partial charge < -0.3 is 19.5 Å². The van der Waals surface area contributed by atoms with Gasteiger partial charge in [0.15, 0.2) is 17.9 Å². The Kier molecular flexibility index (Phi) is 5.00. The van der Waals surface area contributed by atoms with Gasteiger partial charge >= 0.3 is 0 Å². The first-order valence-corrected chi connectivity index (χ1v) is 9.32. The summed E-state index contributed by atoms with van der Waals surface area (Å²) in [5.41, 5.74) is 1.62. The van der Waals surface area contributed by atoms with Crippen molar-refractivity contribution in [1.82, 2.24) is 5.16 Å². The number of aldehydes is 1. The van der Waals surface area contributed by atoms with E-state index in [1.807, 2.05) is 49.1 Å². The normalized spacial score (nSPS) is 19.8. The molecule has 2 atom stereocenters. The van der Waals surface area contributed by atoms with Crippen LogP contribution in [-0.4, -0.2) is 36.7 Å². The molecule has 1 saturated heterocycles. The van der Waals surface area contributed by atoms with E-state index in [1.54, 1.807) is 6.07 Å². The van der Waals surface area contributed by atoms with Crippen molar-refractivity contribution in [2.45, 2.75) is 32.6 Å². The number of morpholine rings is 1. The Balaban J connectivity index is 1.69. The molecule has 0 bridgehead atoms. The number of carbonyl (C=O) groups excluding carboxylic acids is 1. The number of hydrogen-bond donors (Lipinski definition) is 1. The highest BCUT2D eigenvalue weighted by atomic mass is 19.1. The third-order valence-corrected chi connectivity index (χ3v) is 4.87. The van der Waals surface area contributed by atoms with Crippen LogP contribution in [0.15, 0.2) is 40.9 Å². The number of nitrogens with zero attached hydrogens (tertiary/aromatic N) is 2. The van der Waals surface area contributed by atoms with E-state index in [0.29, 0.717) is 37.1 Å². The maximum Gasteiger partial charge on any atom is 0.206 e. The van der Waals surface area contributed by atoms with Crippen molar-refractivity contribution in [1.29, 1.82) is 0 Å². The molecule has 0 saturated carbocycles. The number of nitrogens with one attached hydrogen (secondary N) is 1. The fourth-order valence-electron chi connectivity index (χ4n) is 3.73. The molecule has 7 heteroatoms. The van der Waals surface area contributed by atoms with Crippen molar-refractivity contribution in [3.05, 3.63) is 53.3 Å². The van der Waals surface area contributed by atoms with E-state index in [1.165, 1.54) is 0 Å². The topological polar surface area (TPSA) is 67.6 Å². The average Bonchev–Trinajstić information content (AvgIpc) is 3.09. The van der Waals surface area contributed by atoms with E-state index in [4.69, 9.17) is 9.26 Å². The van der Waals surface area contributed by atoms with Gasteiger partial charge in [-0.1, -0.05) is 35.5 Å². The quantitative estimate of drug-likeness (QED) is 0.672. The van der Waals surface area contributed by atoms with E-state index < -0.39 is 5.82 Å². The Hall–Kier alpha value is -2.93. The number of hydrogen-bond acceptors (Lipinski definition) is 6. The first-order chi connectivity index (χ1) is 13.6. The molecule has 1 N–H and O–H groups in total. The minimum absolute atomic E-state index is 0.0444. The Bertz CT molecular complexity index is 979. The Morgan fingerprint density at radius 1 is 1.25 bits per heavy atom. The maximum atomic E-state index is 15.3. The number of halogens is 1. The fraction of sp³-hybridized carbons (Fsp3) is 0.333. The highest BCUT2D eigenvalue weighted by Gasteiger charge is 2.29. The van der Waals surface area contributed by atoms with Crippen LogP contribution in [0.1, 0.15) is 29.8 Å². The Morgan fingerprint density at radius 3 is 2.64 bits per heavy atom.